The van der Waals surface area contributed by atoms with E-state index in [2.05, 4.69) is 21.1 Å². The van der Waals surface area contributed by atoms with Gasteiger partial charge < -0.3 is 31.3 Å². The number of hydrogen-bond acceptors (Lipinski definition) is 6. The van der Waals surface area contributed by atoms with Crippen LogP contribution in [0.1, 0.15) is 16.1 Å². The minimum atomic E-state index is -1.21. The van der Waals surface area contributed by atoms with Gasteiger partial charge >= 0.3 is 5.97 Å². The van der Waals surface area contributed by atoms with Crippen LogP contribution in [-0.2, 0) is 16.0 Å². The van der Waals surface area contributed by atoms with Gasteiger partial charge in [-0.1, -0.05) is 24.3 Å². The average molecular weight is 423 g/mol. The van der Waals surface area contributed by atoms with Crippen LogP contribution in [0.4, 0.5) is 5.69 Å². The maximum absolute atomic E-state index is 12.3. The molecule has 0 radical (unpaired) electrons. The van der Waals surface area contributed by atoms with Crippen molar-refractivity contribution in [1.82, 2.24) is 10.6 Å². The Morgan fingerprint density at radius 2 is 1.94 bits per heavy atom. The molecule has 3 rings (SSSR count). The summed E-state index contributed by atoms with van der Waals surface area (Å²) >= 11 is 0. The zero-order valence-corrected chi connectivity index (χ0v) is 16.4. The summed E-state index contributed by atoms with van der Waals surface area (Å²) in [6.07, 6.45) is 1.23. The molecule has 0 aliphatic carbocycles. The highest BCUT2D eigenvalue weighted by Gasteiger charge is 2.22. The summed E-state index contributed by atoms with van der Waals surface area (Å²) in [7, 11) is 0. The van der Waals surface area contributed by atoms with Gasteiger partial charge in [0.1, 0.15) is 23.7 Å². The van der Waals surface area contributed by atoms with Crippen LogP contribution in [0.3, 0.4) is 0 Å². The van der Waals surface area contributed by atoms with Crippen molar-refractivity contribution in [2.75, 3.05) is 11.9 Å². The Morgan fingerprint density at radius 3 is 2.68 bits per heavy atom. The summed E-state index contributed by atoms with van der Waals surface area (Å²) in [6.45, 7) is -0.384. The van der Waals surface area contributed by atoms with Gasteiger partial charge in [-0.25, -0.2) is 4.79 Å². The Labute approximate surface area is 177 Å². The molecule has 31 heavy (non-hydrogen) atoms. The molecule has 160 valence electrons. The molecule has 0 aliphatic rings. The fourth-order valence-electron chi connectivity index (χ4n) is 2.91. The molecule has 0 saturated carbocycles. The Morgan fingerprint density at radius 1 is 1.13 bits per heavy atom. The number of hydrazone groups is 1. The van der Waals surface area contributed by atoms with Gasteiger partial charge in [0.05, 0.1) is 6.54 Å². The van der Waals surface area contributed by atoms with Crippen molar-refractivity contribution in [1.29, 1.82) is 0 Å². The number of para-hydroxylation sites is 1. The summed E-state index contributed by atoms with van der Waals surface area (Å²) in [4.78, 5) is 36.0. The Kier molecular flexibility index (Phi) is 6.84. The number of hydrogen-bond donors (Lipinski definition) is 5. The van der Waals surface area contributed by atoms with Gasteiger partial charge in [-0.2, -0.15) is 5.10 Å². The van der Waals surface area contributed by atoms with E-state index in [-0.39, 0.29) is 13.0 Å². The number of furan rings is 1. The van der Waals surface area contributed by atoms with E-state index in [0.29, 0.717) is 22.6 Å². The van der Waals surface area contributed by atoms with Crippen molar-refractivity contribution in [3.63, 3.8) is 0 Å². The second kappa shape index (κ2) is 9.92. The maximum atomic E-state index is 12.3. The van der Waals surface area contributed by atoms with Gasteiger partial charge in [-0.05, 0) is 30.3 Å². The van der Waals surface area contributed by atoms with Crippen molar-refractivity contribution >= 4 is 40.8 Å². The molecule has 0 spiro atoms. The zero-order chi connectivity index (χ0) is 22.2. The van der Waals surface area contributed by atoms with E-state index in [4.69, 9.17) is 10.3 Å². The van der Waals surface area contributed by atoms with Gasteiger partial charge in [0, 0.05) is 23.1 Å². The summed E-state index contributed by atoms with van der Waals surface area (Å²) in [5.74, 6) is 3.12. The van der Waals surface area contributed by atoms with Crippen molar-refractivity contribution < 1.29 is 23.9 Å². The number of benzene rings is 2. The molecule has 0 aliphatic heterocycles. The van der Waals surface area contributed by atoms with Crippen LogP contribution in [-0.4, -0.2) is 41.8 Å². The molecule has 0 bridgehead atoms. The number of carbonyl (C=O) groups excluding carboxylic acids is 2. The van der Waals surface area contributed by atoms with Crippen molar-refractivity contribution in [3.8, 4) is 0 Å². The molecular formula is C21H21N5O5. The van der Waals surface area contributed by atoms with Crippen LogP contribution in [0.15, 0.2) is 64.1 Å². The molecule has 2 amide bonds. The number of amides is 2. The number of nitrogens with two attached hydrogens (primary N) is 1. The minimum absolute atomic E-state index is 0.0277. The van der Waals surface area contributed by atoms with E-state index in [1.807, 2.05) is 18.2 Å². The number of carboxylic acids is 1. The molecule has 2 aromatic carbocycles. The lowest BCUT2D eigenvalue weighted by atomic mass is 10.1. The molecule has 1 aromatic heterocycles. The minimum Gasteiger partial charge on any atom is -0.480 e. The number of anilines is 1. The third-order valence-electron chi connectivity index (χ3n) is 4.36. The fraction of sp³-hybridized carbons (Fsp3) is 0.143. The van der Waals surface area contributed by atoms with Gasteiger partial charge in [0.25, 0.3) is 5.91 Å². The Hall–Kier alpha value is -4.34. The molecule has 0 fully saturated rings. The normalized spacial score (nSPS) is 11.9. The third-order valence-corrected chi connectivity index (χ3v) is 4.36. The summed E-state index contributed by atoms with van der Waals surface area (Å²) in [6, 6.07) is 14.3. The van der Waals surface area contributed by atoms with Gasteiger partial charge in [-0.15, -0.1) is 0 Å². The van der Waals surface area contributed by atoms with E-state index < -0.39 is 23.8 Å². The molecule has 10 heteroatoms. The topological polar surface area (TPSA) is 159 Å². The van der Waals surface area contributed by atoms with Crippen LogP contribution in [0.5, 0.6) is 0 Å². The molecule has 1 heterocycles. The predicted molar refractivity (Wildman–Crippen MR) is 115 cm³/mol. The number of carbonyl (C=O) groups is 3. The Bertz CT molecular complexity index is 1090. The number of carboxylic acid groups (broad SMARTS) is 1. The second-order valence-electron chi connectivity index (χ2n) is 6.60. The first-order valence-electron chi connectivity index (χ1n) is 9.32. The molecule has 3 aromatic rings. The molecule has 1 atom stereocenters. The summed E-state index contributed by atoms with van der Waals surface area (Å²) in [5, 5.41) is 21.2. The third kappa shape index (κ3) is 5.82. The summed E-state index contributed by atoms with van der Waals surface area (Å²) < 4.78 is 5.62. The van der Waals surface area contributed by atoms with Crippen LogP contribution >= 0.6 is 0 Å². The number of fused-ring (bicyclic) bond motifs is 1. The smallest absolute Gasteiger partial charge is 0.326 e. The second-order valence-corrected chi connectivity index (χ2v) is 6.60. The van der Waals surface area contributed by atoms with E-state index in [0.717, 1.165) is 5.39 Å². The fourth-order valence-corrected chi connectivity index (χ4v) is 2.91. The molecule has 10 nitrogen and oxygen atoms in total. The largest absolute Gasteiger partial charge is 0.480 e. The molecule has 6 N–H and O–H groups in total. The zero-order valence-electron chi connectivity index (χ0n) is 16.4. The molecule has 0 saturated heterocycles. The van der Waals surface area contributed by atoms with Crippen molar-refractivity contribution in [2.45, 2.75) is 12.5 Å². The number of nitrogens with one attached hydrogen (secondary N) is 3. The predicted octanol–water partition coefficient (Wildman–Crippen LogP) is 1.29. The highest BCUT2D eigenvalue weighted by Crippen LogP contribution is 2.20. The van der Waals surface area contributed by atoms with E-state index >= 15 is 0 Å². The lowest BCUT2D eigenvalue weighted by Gasteiger charge is -2.14. The average Bonchev–Trinajstić information content (AvgIpc) is 3.18. The number of aliphatic carboxylic acids is 1. The highest BCUT2D eigenvalue weighted by atomic mass is 16.4. The monoisotopic (exact) mass is 423 g/mol. The maximum Gasteiger partial charge on any atom is 0.326 e. The van der Waals surface area contributed by atoms with E-state index in [9.17, 15) is 19.5 Å². The van der Waals surface area contributed by atoms with Crippen molar-refractivity contribution in [3.05, 3.63) is 65.9 Å². The number of rotatable bonds is 9. The van der Waals surface area contributed by atoms with Gasteiger partial charge in [0.15, 0.2) is 0 Å². The van der Waals surface area contributed by atoms with Crippen LogP contribution in [0.2, 0.25) is 0 Å². The van der Waals surface area contributed by atoms with Gasteiger partial charge in [-0.3, -0.25) is 9.59 Å². The standard InChI is InChI=1S/C21H21N5O5/c22-25-12-24-15-6-3-5-14(8-15)20(28)23-11-19(27)26-17(21(29)30)10-16-9-13-4-1-2-7-18(13)31-16/h1-9,12,17H,10-11,22H2,(H,23,28)(H,24,25)(H,26,27)(H,29,30). The molecular weight excluding hydrogens is 402 g/mol. The SMILES string of the molecule is NN=CNc1cccc(C(=O)NCC(=O)NC(Cc2cc3ccccc3o2)C(=O)O)c1. The van der Waals surface area contributed by atoms with Crippen LogP contribution in [0.25, 0.3) is 11.0 Å². The lowest BCUT2D eigenvalue weighted by Crippen LogP contribution is -2.46. The first-order chi connectivity index (χ1) is 15.0. The first-order valence-corrected chi connectivity index (χ1v) is 9.32. The van der Waals surface area contributed by atoms with Crippen molar-refractivity contribution in [2.24, 2.45) is 10.9 Å². The van der Waals surface area contributed by atoms with E-state index in [1.165, 1.54) is 6.34 Å². The number of nitrogens with zero attached hydrogens (tertiary/aromatic N) is 1. The van der Waals surface area contributed by atoms with Crippen LogP contribution < -0.4 is 21.8 Å². The van der Waals surface area contributed by atoms with Crippen LogP contribution in [0, 0.1) is 0 Å². The Balaban J connectivity index is 1.56. The summed E-state index contributed by atoms with van der Waals surface area (Å²) in [5.41, 5.74) is 1.53. The van der Waals surface area contributed by atoms with Gasteiger partial charge in [0.2, 0.25) is 5.91 Å². The van der Waals surface area contributed by atoms with E-state index in [1.54, 1.807) is 36.4 Å². The first kappa shape index (κ1) is 21.4. The quantitative estimate of drug-likeness (QED) is 0.150. The lowest BCUT2D eigenvalue weighted by molar-refractivity contribution is -0.141. The molecule has 1 unspecified atom stereocenters. The highest BCUT2D eigenvalue weighted by molar-refractivity contribution is 5.98.